The van der Waals surface area contributed by atoms with Crippen LogP contribution in [0.1, 0.15) is 24.5 Å². The zero-order valence-corrected chi connectivity index (χ0v) is 16.1. The van der Waals surface area contributed by atoms with Gasteiger partial charge in [-0.05, 0) is 43.7 Å². The molecule has 0 saturated carbocycles. The van der Waals surface area contributed by atoms with Crippen molar-refractivity contribution in [1.82, 2.24) is 0 Å². The summed E-state index contributed by atoms with van der Waals surface area (Å²) in [5, 5.41) is 8.89. The van der Waals surface area contributed by atoms with Gasteiger partial charge >= 0.3 is 0 Å². The second kappa shape index (κ2) is 10.5. The van der Waals surface area contributed by atoms with Gasteiger partial charge in [0.05, 0.1) is 24.8 Å². The summed E-state index contributed by atoms with van der Waals surface area (Å²) in [6, 6.07) is 17.9. The molecule has 2 aromatic carbocycles. The Bertz CT molecular complexity index is 736. The predicted octanol–water partition coefficient (Wildman–Crippen LogP) is 4.57. The molecule has 0 aromatic heterocycles. The number of carbonyl (C=O) groups is 1. The van der Waals surface area contributed by atoms with E-state index in [1.54, 1.807) is 16.7 Å². The molecule has 1 amide bonds. The summed E-state index contributed by atoms with van der Waals surface area (Å²) in [5.74, 6) is 1.97. The molecule has 0 aliphatic heterocycles. The van der Waals surface area contributed by atoms with Crippen LogP contribution >= 0.6 is 11.8 Å². The van der Waals surface area contributed by atoms with Gasteiger partial charge in [0.1, 0.15) is 5.75 Å². The molecule has 0 aliphatic rings. The maximum Gasteiger partial charge on any atom is 0.237 e. The number of hydrogen-bond donors (Lipinski definition) is 0. The first kappa shape index (κ1) is 19.9. The Morgan fingerprint density at radius 3 is 2.46 bits per heavy atom. The molecule has 0 aliphatic carbocycles. The van der Waals surface area contributed by atoms with Crippen molar-refractivity contribution in [2.75, 3.05) is 23.8 Å². The van der Waals surface area contributed by atoms with E-state index in [2.05, 4.69) is 37.3 Å². The SMILES string of the molecule is CCOc1ccc(N(CCC#N)C(=O)CSCc2ccc(C)cc2)cc1. The lowest BCUT2D eigenvalue weighted by Crippen LogP contribution is -2.33. The molecule has 26 heavy (non-hydrogen) atoms. The number of rotatable bonds is 9. The quantitative estimate of drug-likeness (QED) is 0.650. The van der Waals surface area contributed by atoms with Crippen LogP contribution in [0.3, 0.4) is 0 Å². The molecule has 0 fully saturated rings. The molecule has 2 aromatic rings. The number of amides is 1. The van der Waals surface area contributed by atoms with Crippen LogP contribution in [0.25, 0.3) is 0 Å². The highest BCUT2D eigenvalue weighted by Gasteiger charge is 2.15. The van der Waals surface area contributed by atoms with E-state index in [9.17, 15) is 4.79 Å². The highest BCUT2D eigenvalue weighted by Crippen LogP contribution is 2.22. The minimum atomic E-state index is 0.0153. The zero-order chi connectivity index (χ0) is 18.8. The van der Waals surface area contributed by atoms with Crippen LogP contribution in [0.4, 0.5) is 5.69 Å². The number of nitrogens with zero attached hydrogens (tertiary/aromatic N) is 2. The Morgan fingerprint density at radius 1 is 1.15 bits per heavy atom. The molecular formula is C21H24N2O2S. The number of hydrogen-bond acceptors (Lipinski definition) is 4. The third-order valence-electron chi connectivity index (χ3n) is 3.82. The van der Waals surface area contributed by atoms with E-state index < -0.39 is 0 Å². The average Bonchev–Trinajstić information content (AvgIpc) is 2.65. The monoisotopic (exact) mass is 368 g/mol. The first-order chi connectivity index (χ1) is 12.6. The Labute approximate surface area is 159 Å². The zero-order valence-electron chi connectivity index (χ0n) is 15.3. The van der Waals surface area contributed by atoms with Gasteiger partial charge in [0.15, 0.2) is 0 Å². The van der Waals surface area contributed by atoms with Crippen LogP contribution in [0, 0.1) is 18.3 Å². The molecule has 4 nitrogen and oxygen atoms in total. The van der Waals surface area contributed by atoms with Crippen molar-refractivity contribution < 1.29 is 9.53 Å². The molecule has 0 unspecified atom stereocenters. The summed E-state index contributed by atoms with van der Waals surface area (Å²) in [5.41, 5.74) is 3.23. The molecule has 0 N–H and O–H groups in total. The molecule has 0 spiro atoms. The number of benzene rings is 2. The Morgan fingerprint density at radius 2 is 1.85 bits per heavy atom. The number of aryl methyl sites for hydroxylation is 1. The Kier molecular flexibility index (Phi) is 8.04. The highest BCUT2D eigenvalue weighted by molar-refractivity contribution is 7.99. The minimum Gasteiger partial charge on any atom is -0.494 e. The highest BCUT2D eigenvalue weighted by atomic mass is 32.2. The van der Waals surface area contributed by atoms with Gasteiger partial charge < -0.3 is 9.64 Å². The molecule has 0 radical (unpaired) electrons. The van der Waals surface area contributed by atoms with Crippen LogP contribution < -0.4 is 9.64 Å². The lowest BCUT2D eigenvalue weighted by molar-refractivity contribution is -0.116. The van der Waals surface area contributed by atoms with Gasteiger partial charge in [-0.25, -0.2) is 0 Å². The van der Waals surface area contributed by atoms with Crippen LogP contribution in [-0.4, -0.2) is 24.8 Å². The Hall–Kier alpha value is -2.45. The number of ether oxygens (including phenoxy) is 1. The number of thioether (sulfide) groups is 1. The van der Waals surface area contributed by atoms with Crippen molar-refractivity contribution in [2.24, 2.45) is 0 Å². The van der Waals surface area contributed by atoms with Crippen molar-refractivity contribution >= 4 is 23.4 Å². The van der Waals surface area contributed by atoms with Gasteiger partial charge in [0.25, 0.3) is 0 Å². The van der Waals surface area contributed by atoms with Crippen molar-refractivity contribution in [3.05, 3.63) is 59.7 Å². The fraction of sp³-hybridized carbons (Fsp3) is 0.333. The van der Waals surface area contributed by atoms with Crippen molar-refractivity contribution in [2.45, 2.75) is 26.0 Å². The number of anilines is 1. The summed E-state index contributed by atoms with van der Waals surface area (Å²) >= 11 is 1.59. The third kappa shape index (κ3) is 6.12. The van der Waals surface area contributed by atoms with E-state index in [4.69, 9.17) is 10.00 Å². The number of carbonyl (C=O) groups excluding carboxylic acids is 1. The van der Waals surface area contributed by atoms with Crippen molar-refractivity contribution in [3.63, 3.8) is 0 Å². The van der Waals surface area contributed by atoms with Crippen LogP contribution in [0.2, 0.25) is 0 Å². The van der Waals surface area contributed by atoms with Crippen LogP contribution in [0.5, 0.6) is 5.75 Å². The lowest BCUT2D eigenvalue weighted by atomic mass is 10.2. The summed E-state index contributed by atoms with van der Waals surface area (Å²) in [4.78, 5) is 14.4. The van der Waals surface area contributed by atoms with Gasteiger partial charge in [-0.15, -0.1) is 11.8 Å². The number of nitriles is 1. The van der Waals surface area contributed by atoms with Gasteiger partial charge in [0.2, 0.25) is 5.91 Å². The first-order valence-electron chi connectivity index (χ1n) is 8.67. The summed E-state index contributed by atoms with van der Waals surface area (Å²) < 4.78 is 5.44. The third-order valence-corrected chi connectivity index (χ3v) is 4.81. The summed E-state index contributed by atoms with van der Waals surface area (Å²) in [6.07, 6.45) is 0.307. The van der Waals surface area contributed by atoms with Crippen LogP contribution in [0.15, 0.2) is 48.5 Å². The first-order valence-corrected chi connectivity index (χ1v) is 9.83. The predicted molar refractivity (Wildman–Crippen MR) is 108 cm³/mol. The topological polar surface area (TPSA) is 53.3 Å². The second-order valence-electron chi connectivity index (χ2n) is 5.86. The van der Waals surface area contributed by atoms with Crippen molar-refractivity contribution in [1.29, 1.82) is 5.26 Å². The van der Waals surface area contributed by atoms with Gasteiger partial charge in [-0.3, -0.25) is 4.79 Å². The Balaban J connectivity index is 1.97. The van der Waals surface area contributed by atoms with E-state index >= 15 is 0 Å². The molecule has 0 atom stereocenters. The molecule has 0 bridgehead atoms. The molecule has 0 saturated heterocycles. The van der Waals surface area contributed by atoms with E-state index in [1.165, 1.54) is 11.1 Å². The van der Waals surface area contributed by atoms with Gasteiger partial charge in [0, 0.05) is 18.0 Å². The fourth-order valence-corrected chi connectivity index (χ4v) is 3.33. The molecule has 0 heterocycles. The van der Waals surface area contributed by atoms with Gasteiger partial charge in [-0.2, -0.15) is 5.26 Å². The van der Waals surface area contributed by atoms with E-state index in [0.29, 0.717) is 25.3 Å². The minimum absolute atomic E-state index is 0.0153. The average molecular weight is 369 g/mol. The normalized spacial score (nSPS) is 10.2. The standard InChI is InChI=1S/C21H24N2O2S/c1-3-25-20-11-9-19(10-12-20)23(14-4-13-22)21(24)16-26-15-18-7-5-17(2)6-8-18/h5-12H,3-4,14-16H2,1-2H3. The van der Waals surface area contributed by atoms with E-state index in [-0.39, 0.29) is 5.91 Å². The molecule has 2 rings (SSSR count). The summed E-state index contributed by atoms with van der Waals surface area (Å²) in [7, 11) is 0. The largest absolute Gasteiger partial charge is 0.494 e. The second-order valence-corrected chi connectivity index (χ2v) is 6.84. The maximum atomic E-state index is 12.7. The molecule has 136 valence electrons. The lowest BCUT2D eigenvalue weighted by Gasteiger charge is -2.22. The smallest absolute Gasteiger partial charge is 0.237 e. The molecular weight excluding hydrogens is 344 g/mol. The summed E-state index contributed by atoms with van der Waals surface area (Å²) in [6.45, 7) is 4.99. The maximum absolute atomic E-state index is 12.7. The van der Waals surface area contributed by atoms with Crippen molar-refractivity contribution in [3.8, 4) is 11.8 Å². The van der Waals surface area contributed by atoms with E-state index in [0.717, 1.165) is 17.2 Å². The van der Waals surface area contributed by atoms with Crippen LogP contribution in [-0.2, 0) is 10.5 Å². The molecule has 5 heteroatoms. The van der Waals surface area contributed by atoms with E-state index in [1.807, 2.05) is 31.2 Å². The van der Waals surface area contributed by atoms with Gasteiger partial charge in [-0.1, -0.05) is 29.8 Å². The fourth-order valence-electron chi connectivity index (χ4n) is 2.47.